The molecule has 0 aliphatic carbocycles. The Balaban J connectivity index is 1.90. The molecule has 0 unspecified atom stereocenters. The SMILES string of the molecule is Cc1cc(F)ccc1CCNc1nc(C(=O)O)co1. The summed E-state index contributed by atoms with van der Waals surface area (Å²) in [5, 5.41) is 11.6. The van der Waals surface area contributed by atoms with Gasteiger partial charge in [-0.2, -0.15) is 4.98 Å². The van der Waals surface area contributed by atoms with Crippen molar-refractivity contribution < 1.29 is 18.7 Å². The Hall–Kier alpha value is -2.37. The molecular formula is C13H13FN2O3. The number of anilines is 1. The molecule has 0 fully saturated rings. The Morgan fingerprint density at radius 3 is 2.95 bits per heavy atom. The van der Waals surface area contributed by atoms with Crippen molar-refractivity contribution in [3.05, 3.63) is 47.1 Å². The van der Waals surface area contributed by atoms with E-state index in [-0.39, 0.29) is 17.5 Å². The number of carboxylic acids is 1. The fourth-order valence-corrected chi connectivity index (χ4v) is 1.70. The van der Waals surface area contributed by atoms with Crippen LogP contribution in [0.5, 0.6) is 0 Å². The molecule has 2 N–H and O–H groups in total. The largest absolute Gasteiger partial charge is 0.476 e. The van der Waals surface area contributed by atoms with Crippen LogP contribution in [0.3, 0.4) is 0 Å². The number of aromatic nitrogens is 1. The summed E-state index contributed by atoms with van der Waals surface area (Å²) in [7, 11) is 0. The lowest BCUT2D eigenvalue weighted by Crippen LogP contribution is -2.06. The first-order valence-corrected chi connectivity index (χ1v) is 5.74. The Labute approximate surface area is 109 Å². The van der Waals surface area contributed by atoms with Crippen molar-refractivity contribution in [3.63, 3.8) is 0 Å². The molecular weight excluding hydrogens is 251 g/mol. The van der Waals surface area contributed by atoms with E-state index in [2.05, 4.69) is 10.3 Å². The van der Waals surface area contributed by atoms with Gasteiger partial charge in [-0.15, -0.1) is 0 Å². The van der Waals surface area contributed by atoms with Gasteiger partial charge in [-0.3, -0.25) is 0 Å². The van der Waals surface area contributed by atoms with Crippen LogP contribution in [-0.4, -0.2) is 22.6 Å². The van der Waals surface area contributed by atoms with E-state index in [1.807, 2.05) is 6.92 Å². The molecule has 1 aromatic carbocycles. The van der Waals surface area contributed by atoms with Gasteiger partial charge < -0.3 is 14.8 Å². The number of nitrogens with zero attached hydrogens (tertiary/aromatic N) is 1. The molecule has 2 aromatic rings. The minimum atomic E-state index is -1.13. The standard InChI is InChI=1S/C13H13FN2O3/c1-8-6-10(14)3-2-9(8)4-5-15-13-16-11(7-19-13)12(17)18/h2-3,6-7H,4-5H2,1H3,(H,15,16)(H,17,18). The van der Waals surface area contributed by atoms with Crippen LogP contribution < -0.4 is 5.32 Å². The monoisotopic (exact) mass is 264 g/mol. The van der Waals surface area contributed by atoms with Gasteiger partial charge in [-0.1, -0.05) is 6.07 Å². The number of rotatable bonds is 5. The summed E-state index contributed by atoms with van der Waals surface area (Å²) in [5.74, 6) is -1.39. The number of benzene rings is 1. The highest BCUT2D eigenvalue weighted by Crippen LogP contribution is 2.12. The zero-order valence-electron chi connectivity index (χ0n) is 10.3. The van der Waals surface area contributed by atoms with Crippen molar-refractivity contribution in [3.8, 4) is 0 Å². The lowest BCUT2D eigenvalue weighted by molar-refractivity contribution is 0.0690. The summed E-state index contributed by atoms with van der Waals surface area (Å²) in [6, 6.07) is 4.78. The number of carboxylic acid groups (broad SMARTS) is 1. The van der Waals surface area contributed by atoms with Crippen molar-refractivity contribution in [1.29, 1.82) is 0 Å². The average Bonchev–Trinajstić information content (AvgIpc) is 2.81. The third kappa shape index (κ3) is 3.31. The number of hydrogen-bond donors (Lipinski definition) is 2. The van der Waals surface area contributed by atoms with Crippen molar-refractivity contribution in [2.24, 2.45) is 0 Å². The molecule has 1 heterocycles. The van der Waals surface area contributed by atoms with Crippen LogP contribution in [0, 0.1) is 12.7 Å². The van der Waals surface area contributed by atoms with Crippen LogP contribution >= 0.6 is 0 Å². The fraction of sp³-hybridized carbons (Fsp3) is 0.231. The maximum Gasteiger partial charge on any atom is 0.357 e. The predicted octanol–water partition coefficient (Wildman–Crippen LogP) is 2.47. The smallest absolute Gasteiger partial charge is 0.357 e. The number of halogens is 1. The first-order chi connectivity index (χ1) is 9.06. The highest BCUT2D eigenvalue weighted by molar-refractivity contribution is 5.85. The van der Waals surface area contributed by atoms with Gasteiger partial charge in [-0.05, 0) is 36.6 Å². The summed E-state index contributed by atoms with van der Waals surface area (Å²) < 4.78 is 17.9. The predicted molar refractivity (Wildman–Crippen MR) is 66.8 cm³/mol. The maximum atomic E-state index is 12.9. The molecule has 100 valence electrons. The van der Waals surface area contributed by atoms with E-state index in [0.29, 0.717) is 13.0 Å². The molecule has 0 amide bonds. The molecule has 0 aliphatic rings. The lowest BCUT2D eigenvalue weighted by atomic mass is 10.1. The zero-order valence-corrected chi connectivity index (χ0v) is 10.3. The first kappa shape index (κ1) is 13.1. The van der Waals surface area contributed by atoms with Gasteiger partial charge in [0.2, 0.25) is 0 Å². The molecule has 0 radical (unpaired) electrons. The summed E-state index contributed by atoms with van der Waals surface area (Å²) in [5.41, 5.74) is 1.75. The average molecular weight is 264 g/mol. The molecule has 0 saturated heterocycles. The van der Waals surface area contributed by atoms with E-state index in [1.54, 1.807) is 6.07 Å². The Morgan fingerprint density at radius 2 is 2.32 bits per heavy atom. The van der Waals surface area contributed by atoms with Gasteiger partial charge in [0.05, 0.1) is 0 Å². The van der Waals surface area contributed by atoms with E-state index >= 15 is 0 Å². The minimum Gasteiger partial charge on any atom is -0.476 e. The van der Waals surface area contributed by atoms with Crippen molar-refractivity contribution in [2.45, 2.75) is 13.3 Å². The van der Waals surface area contributed by atoms with E-state index in [1.165, 1.54) is 12.1 Å². The molecule has 19 heavy (non-hydrogen) atoms. The summed E-state index contributed by atoms with van der Waals surface area (Å²) in [4.78, 5) is 14.3. The van der Waals surface area contributed by atoms with Gasteiger partial charge in [0, 0.05) is 6.54 Å². The molecule has 0 bridgehead atoms. The minimum absolute atomic E-state index is 0.138. The summed E-state index contributed by atoms with van der Waals surface area (Å²) >= 11 is 0. The van der Waals surface area contributed by atoms with Crippen LogP contribution in [0.25, 0.3) is 0 Å². The third-order valence-electron chi connectivity index (χ3n) is 2.70. The number of aromatic carboxylic acids is 1. The van der Waals surface area contributed by atoms with Crippen LogP contribution in [-0.2, 0) is 6.42 Å². The van der Waals surface area contributed by atoms with E-state index < -0.39 is 5.97 Å². The first-order valence-electron chi connectivity index (χ1n) is 5.74. The Kier molecular flexibility index (Phi) is 3.79. The van der Waals surface area contributed by atoms with Gasteiger partial charge >= 0.3 is 5.97 Å². The Bertz CT molecular complexity index is 595. The van der Waals surface area contributed by atoms with Crippen LogP contribution in [0.1, 0.15) is 21.6 Å². The number of oxazole rings is 1. The second kappa shape index (κ2) is 5.51. The van der Waals surface area contributed by atoms with Crippen LogP contribution in [0.4, 0.5) is 10.4 Å². The topological polar surface area (TPSA) is 75.4 Å². The molecule has 0 atom stereocenters. The lowest BCUT2D eigenvalue weighted by Gasteiger charge is -2.06. The van der Waals surface area contributed by atoms with Crippen molar-refractivity contribution >= 4 is 12.0 Å². The van der Waals surface area contributed by atoms with Gasteiger partial charge in [0.1, 0.15) is 12.1 Å². The molecule has 2 rings (SSSR count). The second-order valence-corrected chi connectivity index (χ2v) is 4.09. The fourth-order valence-electron chi connectivity index (χ4n) is 1.70. The van der Waals surface area contributed by atoms with Crippen molar-refractivity contribution in [1.82, 2.24) is 4.98 Å². The van der Waals surface area contributed by atoms with Crippen LogP contribution in [0.2, 0.25) is 0 Å². The van der Waals surface area contributed by atoms with E-state index in [4.69, 9.17) is 9.52 Å². The third-order valence-corrected chi connectivity index (χ3v) is 2.70. The molecule has 0 saturated carbocycles. The molecule has 1 aromatic heterocycles. The van der Waals surface area contributed by atoms with E-state index in [9.17, 15) is 9.18 Å². The summed E-state index contributed by atoms with van der Waals surface area (Å²) in [6.45, 7) is 2.36. The Morgan fingerprint density at radius 1 is 1.53 bits per heavy atom. The van der Waals surface area contributed by atoms with Gasteiger partial charge in [0.25, 0.3) is 6.01 Å². The quantitative estimate of drug-likeness (QED) is 0.867. The number of aryl methyl sites for hydroxylation is 1. The van der Waals surface area contributed by atoms with E-state index in [0.717, 1.165) is 17.4 Å². The molecule has 6 heteroatoms. The number of carbonyl (C=O) groups is 1. The molecule has 0 spiro atoms. The maximum absolute atomic E-state index is 12.9. The second-order valence-electron chi connectivity index (χ2n) is 4.09. The molecule has 5 nitrogen and oxygen atoms in total. The highest BCUT2D eigenvalue weighted by atomic mass is 19.1. The number of nitrogens with one attached hydrogen (secondary N) is 1. The molecule has 0 aliphatic heterocycles. The van der Waals surface area contributed by atoms with Crippen LogP contribution in [0.15, 0.2) is 28.9 Å². The highest BCUT2D eigenvalue weighted by Gasteiger charge is 2.09. The summed E-state index contributed by atoms with van der Waals surface area (Å²) in [6.07, 6.45) is 1.74. The van der Waals surface area contributed by atoms with Gasteiger partial charge in [-0.25, -0.2) is 9.18 Å². The zero-order chi connectivity index (χ0) is 13.8. The van der Waals surface area contributed by atoms with Crippen molar-refractivity contribution in [2.75, 3.05) is 11.9 Å². The van der Waals surface area contributed by atoms with Gasteiger partial charge in [0.15, 0.2) is 5.69 Å². The number of hydrogen-bond acceptors (Lipinski definition) is 4. The normalized spacial score (nSPS) is 10.4.